The summed E-state index contributed by atoms with van der Waals surface area (Å²) in [5, 5.41) is 0. The predicted molar refractivity (Wildman–Crippen MR) is 87.9 cm³/mol. The summed E-state index contributed by atoms with van der Waals surface area (Å²) in [6.45, 7) is 3.37. The van der Waals surface area contributed by atoms with Crippen molar-refractivity contribution in [2.24, 2.45) is 0 Å². The maximum absolute atomic E-state index is 12.3. The van der Waals surface area contributed by atoms with Gasteiger partial charge in [-0.1, -0.05) is 6.07 Å². The molecular formula is C17H21N5O. The summed E-state index contributed by atoms with van der Waals surface area (Å²) in [5.41, 5.74) is 2.95. The van der Waals surface area contributed by atoms with E-state index in [2.05, 4.69) is 9.97 Å². The minimum Gasteiger partial charge on any atom is -0.340 e. The van der Waals surface area contributed by atoms with E-state index in [1.165, 1.54) is 0 Å². The van der Waals surface area contributed by atoms with Crippen LogP contribution in [0.25, 0.3) is 5.65 Å². The molecule has 0 N–H and O–H groups in total. The van der Waals surface area contributed by atoms with E-state index in [1.54, 1.807) is 17.4 Å². The van der Waals surface area contributed by atoms with E-state index in [-0.39, 0.29) is 5.91 Å². The van der Waals surface area contributed by atoms with Gasteiger partial charge >= 0.3 is 0 Å². The van der Waals surface area contributed by atoms with Gasteiger partial charge in [0.15, 0.2) is 0 Å². The van der Waals surface area contributed by atoms with Crippen LogP contribution in [-0.2, 0) is 17.9 Å². The zero-order valence-corrected chi connectivity index (χ0v) is 13.5. The second-order valence-electron chi connectivity index (χ2n) is 5.73. The van der Waals surface area contributed by atoms with Gasteiger partial charge in [0.2, 0.25) is 5.91 Å². The van der Waals surface area contributed by atoms with Crippen molar-refractivity contribution in [3.8, 4) is 0 Å². The summed E-state index contributed by atoms with van der Waals surface area (Å²) in [7, 11) is 1.85. The first-order valence-corrected chi connectivity index (χ1v) is 7.77. The van der Waals surface area contributed by atoms with Gasteiger partial charge in [-0.15, -0.1) is 0 Å². The van der Waals surface area contributed by atoms with Crippen molar-refractivity contribution < 1.29 is 4.79 Å². The van der Waals surface area contributed by atoms with Gasteiger partial charge in [-0.2, -0.15) is 0 Å². The minimum absolute atomic E-state index is 0.149. The number of hydrogen-bond acceptors (Lipinski definition) is 3. The lowest BCUT2D eigenvalue weighted by Crippen LogP contribution is -2.27. The van der Waals surface area contributed by atoms with Crippen LogP contribution in [0.3, 0.4) is 0 Å². The van der Waals surface area contributed by atoms with E-state index in [0.717, 1.165) is 30.0 Å². The van der Waals surface area contributed by atoms with Crippen LogP contribution in [0, 0.1) is 6.92 Å². The maximum Gasteiger partial charge on any atom is 0.222 e. The van der Waals surface area contributed by atoms with E-state index in [4.69, 9.17) is 0 Å². The molecule has 0 saturated carbocycles. The number of rotatable bonds is 6. The Bertz CT molecular complexity index is 791. The topological polar surface area (TPSA) is 55.4 Å². The second kappa shape index (κ2) is 6.64. The molecule has 0 aliphatic heterocycles. The molecule has 0 radical (unpaired) electrons. The van der Waals surface area contributed by atoms with Crippen molar-refractivity contribution in [2.45, 2.75) is 32.9 Å². The Labute approximate surface area is 135 Å². The van der Waals surface area contributed by atoms with Gasteiger partial charge in [-0.3, -0.25) is 4.79 Å². The maximum atomic E-state index is 12.3. The summed E-state index contributed by atoms with van der Waals surface area (Å²) >= 11 is 0. The number of aryl methyl sites for hydroxylation is 2. The number of pyridine rings is 1. The lowest BCUT2D eigenvalue weighted by molar-refractivity contribution is -0.130. The number of carbonyl (C=O) groups is 1. The molecule has 3 aromatic heterocycles. The summed E-state index contributed by atoms with van der Waals surface area (Å²) in [6, 6.07) is 5.92. The first-order valence-electron chi connectivity index (χ1n) is 7.77. The van der Waals surface area contributed by atoms with Gasteiger partial charge in [-0.25, -0.2) is 9.97 Å². The van der Waals surface area contributed by atoms with E-state index in [1.807, 2.05) is 53.5 Å². The van der Waals surface area contributed by atoms with Crippen LogP contribution in [-0.4, -0.2) is 36.8 Å². The van der Waals surface area contributed by atoms with Crippen molar-refractivity contribution in [3.05, 3.63) is 54.5 Å². The predicted octanol–water partition coefficient (Wildman–Crippen LogP) is 2.28. The van der Waals surface area contributed by atoms with E-state index < -0.39 is 0 Å². The molecule has 0 spiro atoms. The van der Waals surface area contributed by atoms with Gasteiger partial charge in [0.05, 0.1) is 24.3 Å². The quantitative estimate of drug-likeness (QED) is 0.702. The molecule has 3 heterocycles. The Morgan fingerprint density at radius 3 is 2.96 bits per heavy atom. The molecule has 0 aromatic carbocycles. The third kappa shape index (κ3) is 3.41. The van der Waals surface area contributed by atoms with Gasteiger partial charge in [0.25, 0.3) is 0 Å². The number of imidazole rings is 2. The molecule has 0 bridgehead atoms. The average Bonchev–Trinajstić information content (AvgIpc) is 3.16. The van der Waals surface area contributed by atoms with Crippen LogP contribution in [0.2, 0.25) is 0 Å². The summed E-state index contributed by atoms with van der Waals surface area (Å²) in [5.74, 6) is 0.149. The Morgan fingerprint density at radius 2 is 2.17 bits per heavy atom. The summed E-state index contributed by atoms with van der Waals surface area (Å²) < 4.78 is 4.03. The van der Waals surface area contributed by atoms with Gasteiger partial charge < -0.3 is 13.9 Å². The Hall–Kier alpha value is -2.63. The molecule has 1 amide bonds. The van der Waals surface area contributed by atoms with E-state index in [0.29, 0.717) is 13.0 Å². The number of carbonyl (C=O) groups excluding carboxylic acids is 1. The van der Waals surface area contributed by atoms with Gasteiger partial charge in [0.1, 0.15) is 5.65 Å². The molecule has 3 aromatic rings. The van der Waals surface area contributed by atoms with Crippen molar-refractivity contribution >= 4 is 11.6 Å². The lowest BCUT2D eigenvalue weighted by atomic mass is 10.2. The molecular weight excluding hydrogens is 290 g/mol. The number of aromatic nitrogens is 4. The third-order valence-electron chi connectivity index (χ3n) is 4.01. The van der Waals surface area contributed by atoms with Crippen molar-refractivity contribution in [1.29, 1.82) is 0 Å². The molecule has 0 aliphatic rings. The lowest BCUT2D eigenvalue weighted by Gasteiger charge is -2.17. The highest BCUT2D eigenvalue weighted by Crippen LogP contribution is 2.14. The first kappa shape index (κ1) is 15.3. The highest BCUT2D eigenvalue weighted by molar-refractivity contribution is 5.75. The van der Waals surface area contributed by atoms with Crippen LogP contribution in [0.5, 0.6) is 0 Å². The highest BCUT2D eigenvalue weighted by atomic mass is 16.2. The number of hydrogen-bond donors (Lipinski definition) is 0. The molecule has 6 heteroatoms. The SMILES string of the molecule is Cc1nc2ccccn2c1CN(C)C(=O)CCCn1ccnc1. The average molecular weight is 311 g/mol. The Kier molecular flexibility index (Phi) is 4.41. The highest BCUT2D eigenvalue weighted by Gasteiger charge is 2.14. The van der Waals surface area contributed by atoms with Gasteiger partial charge in [0, 0.05) is 38.6 Å². The van der Waals surface area contributed by atoms with Crippen LogP contribution < -0.4 is 0 Å². The fourth-order valence-electron chi connectivity index (χ4n) is 2.69. The third-order valence-corrected chi connectivity index (χ3v) is 4.01. The molecule has 120 valence electrons. The largest absolute Gasteiger partial charge is 0.340 e. The monoisotopic (exact) mass is 311 g/mol. The Balaban J connectivity index is 1.60. The molecule has 0 fully saturated rings. The number of amides is 1. The smallest absolute Gasteiger partial charge is 0.222 e. The van der Waals surface area contributed by atoms with Crippen LogP contribution in [0.15, 0.2) is 43.1 Å². The molecule has 0 saturated heterocycles. The number of fused-ring (bicyclic) bond motifs is 1. The molecule has 0 unspecified atom stereocenters. The van der Waals surface area contributed by atoms with Crippen LogP contribution in [0.1, 0.15) is 24.2 Å². The molecule has 0 aliphatic carbocycles. The van der Waals surface area contributed by atoms with E-state index >= 15 is 0 Å². The van der Waals surface area contributed by atoms with Crippen molar-refractivity contribution in [3.63, 3.8) is 0 Å². The summed E-state index contributed by atoms with van der Waals surface area (Å²) in [6.07, 6.45) is 8.77. The fourth-order valence-corrected chi connectivity index (χ4v) is 2.69. The zero-order chi connectivity index (χ0) is 16.2. The fraction of sp³-hybridized carbons (Fsp3) is 0.353. The summed E-state index contributed by atoms with van der Waals surface area (Å²) in [4.78, 5) is 22.6. The minimum atomic E-state index is 0.149. The van der Waals surface area contributed by atoms with Crippen LogP contribution >= 0.6 is 0 Å². The normalized spacial score (nSPS) is 11.0. The van der Waals surface area contributed by atoms with Crippen LogP contribution in [0.4, 0.5) is 0 Å². The molecule has 0 atom stereocenters. The second-order valence-corrected chi connectivity index (χ2v) is 5.73. The van der Waals surface area contributed by atoms with Crippen molar-refractivity contribution in [1.82, 2.24) is 23.8 Å². The Morgan fingerprint density at radius 1 is 1.30 bits per heavy atom. The van der Waals surface area contributed by atoms with Crippen molar-refractivity contribution in [2.75, 3.05) is 7.05 Å². The zero-order valence-electron chi connectivity index (χ0n) is 13.5. The van der Waals surface area contributed by atoms with E-state index in [9.17, 15) is 4.79 Å². The standard InChI is InChI=1S/C17H21N5O/c1-14-15(22-10-4-3-6-16(22)19-14)12-20(2)17(23)7-5-9-21-11-8-18-13-21/h3-4,6,8,10-11,13H,5,7,9,12H2,1-2H3. The number of nitrogens with zero attached hydrogens (tertiary/aromatic N) is 5. The molecule has 3 rings (SSSR count). The first-order chi connectivity index (χ1) is 11.1. The van der Waals surface area contributed by atoms with Gasteiger partial charge in [-0.05, 0) is 25.5 Å². The molecule has 6 nitrogen and oxygen atoms in total. The molecule has 23 heavy (non-hydrogen) atoms.